The Kier molecular flexibility index (Phi) is 7.14. The zero-order valence-corrected chi connectivity index (χ0v) is 23.2. The van der Waals surface area contributed by atoms with E-state index in [4.69, 9.17) is 4.74 Å². The van der Waals surface area contributed by atoms with E-state index in [0.29, 0.717) is 28.3 Å². The number of pyridine rings is 1. The Labute approximate surface area is 230 Å². The van der Waals surface area contributed by atoms with E-state index in [9.17, 15) is 14.9 Å². The lowest BCUT2D eigenvalue weighted by Crippen LogP contribution is -2.42. The largest absolute Gasteiger partial charge is 0.444 e. The van der Waals surface area contributed by atoms with Crippen molar-refractivity contribution >= 4 is 56.8 Å². The second kappa shape index (κ2) is 10.5. The highest BCUT2D eigenvalue weighted by Crippen LogP contribution is 2.35. The zero-order chi connectivity index (χ0) is 27.7. The van der Waals surface area contributed by atoms with Crippen LogP contribution in [0.4, 0.5) is 22.0 Å². The Hall–Kier alpha value is -4.17. The first-order valence-electron chi connectivity index (χ1n) is 12.9. The maximum atomic E-state index is 12.4. The van der Waals surface area contributed by atoms with E-state index in [0.717, 1.165) is 47.3 Å². The van der Waals surface area contributed by atoms with E-state index in [1.807, 2.05) is 45.9 Å². The van der Waals surface area contributed by atoms with Gasteiger partial charge in [-0.15, -0.1) is 11.3 Å². The van der Waals surface area contributed by atoms with Crippen molar-refractivity contribution in [1.82, 2.24) is 19.9 Å². The number of carbonyl (C=O) groups is 2. The van der Waals surface area contributed by atoms with E-state index in [2.05, 4.69) is 26.8 Å². The number of nitriles is 1. The summed E-state index contributed by atoms with van der Waals surface area (Å²) in [7, 11) is 0. The standard InChI is InChI=1S/C28H31N7O3S/c1-17-31-22-10-9-20(13-25(22)39-17)34(16-36)26-14-23(21(15-29)24-11-12-30-35(24)26)32-18-5-7-19(8-6-18)33-27(37)38-28(2,3)4/h9-14,16,18-19,32H,5-8H2,1-4H3,(H,33,37). The molecule has 5 rings (SSSR count). The molecule has 0 aliphatic heterocycles. The van der Waals surface area contributed by atoms with E-state index in [1.165, 1.54) is 4.90 Å². The molecule has 39 heavy (non-hydrogen) atoms. The van der Waals surface area contributed by atoms with Gasteiger partial charge in [0, 0.05) is 18.2 Å². The number of nitrogens with zero attached hydrogens (tertiary/aromatic N) is 5. The highest BCUT2D eigenvalue weighted by atomic mass is 32.1. The molecule has 3 heterocycles. The van der Waals surface area contributed by atoms with Gasteiger partial charge in [0.15, 0.2) is 0 Å². The van der Waals surface area contributed by atoms with Crippen molar-refractivity contribution in [2.24, 2.45) is 0 Å². The molecule has 1 aliphatic carbocycles. The van der Waals surface area contributed by atoms with Crippen LogP contribution in [0, 0.1) is 18.3 Å². The van der Waals surface area contributed by atoms with Gasteiger partial charge >= 0.3 is 6.09 Å². The van der Waals surface area contributed by atoms with Crippen LogP contribution in [0.2, 0.25) is 0 Å². The molecule has 0 unspecified atom stereocenters. The number of ether oxygens (including phenoxy) is 1. The molecule has 11 heteroatoms. The Morgan fingerprint density at radius 2 is 1.95 bits per heavy atom. The lowest BCUT2D eigenvalue weighted by Gasteiger charge is -2.31. The molecule has 0 atom stereocenters. The number of thiazole rings is 1. The van der Waals surface area contributed by atoms with Gasteiger partial charge in [0.2, 0.25) is 6.41 Å². The predicted octanol–water partition coefficient (Wildman–Crippen LogP) is 5.67. The topological polar surface area (TPSA) is 125 Å². The Balaban J connectivity index is 1.39. The minimum Gasteiger partial charge on any atom is -0.444 e. The average Bonchev–Trinajstić information content (AvgIpc) is 3.50. The van der Waals surface area contributed by atoms with Gasteiger partial charge in [-0.25, -0.2) is 14.3 Å². The van der Waals surface area contributed by atoms with Crippen LogP contribution in [0.3, 0.4) is 0 Å². The molecule has 0 radical (unpaired) electrons. The molecule has 3 aromatic heterocycles. The molecule has 1 fully saturated rings. The maximum absolute atomic E-state index is 12.4. The molecule has 202 valence electrons. The number of anilines is 3. The van der Waals surface area contributed by atoms with Crippen molar-refractivity contribution < 1.29 is 14.3 Å². The molecule has 0 saturated heterocycles. The van der Waals surface area contributed by atoms with E-state index in [1.54, 1.807) is 34.2 Å². The number of carbonyl (C=O) groups excluding carboxylic acids is 2. The van der Waals surface area contributed by atoms with Crippen molar-refractivity contribution in [3.05, 3.63) is 47.1 Å². The Morgan fingerprint density at radius 3 is 2.64 bits per heavy atom. The number of aryl methyl sites for hydroxylation is 1. The highest BCUT2D eigenvalue weighted by molar-refractivity contribution is 7.18. The number of rotatable bonds is 6. The first-order valence-corrected chi connectivity index (χ1v) is 13.8. The molecule has 1 saturated carbocycles. The molecule has 0 bridgehead atoms. The number of hydrogen-bond donors (Lipinski definition) is 2. The van der Waals surface area contributed by atoms with E-state index in [-0.39, 0.29) is 12.1 Å². The summed E-state index contributed by atoms with van der Waals surface area (Å²) < 4.78 is 7.98. The molecular weight excluding hydrogens is 514 g/mol. The third kappa shape index (κ3) is 5.66. The third-order valence-electron chi connectivity index (χ3n) is 6.69. The predicted molar refractivity (Wildman–Crippen MR) is 152 cm³/mol. The van der Waals surface area contributed by atoms with Crippen LogP contribution < -0.4 is 15.5 Å². The summed E-state index contributed by atoms with van der Waals surface area (Å²) in [6, 6.07) is 11.7. The molecule has 1 aromatic carbocycles. The number of benzene rings is 1. The first-order chi connectivity index (χ1) is 18.6. The second-order valence-corrected chi connectivity index (χ2v) is 12.0. The quantitative estimate of drug-likeness (QED) is 0.299. The van der Waals surface area contributed by atoms with Gasteiger partial charge in [-0.05, 0) is 77.6 Å². The van der Waals surface area contributed by atoms with Crippen LogP contribution >= 0.6 is 11.3 Å². The summed E-state index contributed by atoms with van der Waals surface area (Å²) >= 11 is 1.57. The molecule has 10 nitrogen and oxygen atoms in total. The number of alkyl carbamates (subject to hydrolysis) is 1. The minimum absolute atomic E-state index is 0.0389. The maximum Gasteiger partial charge on any atom is 0.407 e. The molecular formula is C28H31N7O3S. The summed E-state index contributed by atoms with van der Waals surface area (Å²) in [6.07, 6.45) is 5.17. The normalized spacial score (nSPS) is 17.5. The fourth-order valence-corrected chi connectivity index (χ4v) is 5.84. The highest BCUT2D eigenvalue weighted by Gasteiger charge is 2.26. The number of aromatic nitrogens is 3. The minimum atomic E-state index is -0.540. The van der Waals surface area contributed by atoms with Crippen LogP contribution in [0.5, 0.6) is 0 Å². The van der Waals surface area contributed by atoms with Crippen LogP contribution in [-0.2, 0) is 9.53 Å². The number of amides is 2. The van der Waals surface area contributed by atoms with Gasteiger partial charge in [0.05, 0.1) is 38.3 Å². The zero-order valence-electron chi connectivity index (χ0n) is 22.4. The first kappa shape index (κ1) is 26.4. The van der Waals surface area contributed by atoms with Gasteiger partial charge < -0.3 is 15.4 Å². The monoisotopic (exact) mass is 545 g/mol. The lowest BCUT2D eigenvalue weighted by atomic mass is 9.91. The summed E-state index contributed by atoms with van der Waals surface area (Å²) in [5.74, 6) is 0.521. The molecule has 4 aromatic rings. The van der Waals surface area contributed by atoms with Crippen LogP contribution in [0.25, 0.3) is 15.7 Å². The van der Waals surface area contributed by atoms with Crippen molar-refractivity contribution in [2.75, 3.05) is 10.2 Å². The number of fused-ring (bicyclic) bond motifs is 2. The fraction of sp³-hybridized carbons (Fsp3) is 0.393. The lowest BCUT2D eigenvalue weighted by molar-refractivity contribution is -0.106. The van der Waals surface area contributed by atoms with Crippen molar-refractivity contribution in [2.45, 2.75) is 71.1 Å². The SMILES string of the molecule is Cc1nc2ccc(N(C=O)c3cc(NC4CCC(NC(=O)OC(C)(C)C)CC4)c(C#N)c4ccnn34)cc2s1. The third-order valence-corrected chi connectivity index (χ3v) is 7.62. The second-order valence-electron chi connectivity index (χ2n) is 10.7. The summed E-state index contributed by atoms with van der Waals surface area (Å²) in [5, 5.41) is 21.9. The van der Waals surface area contributed by atoms with Crippen LogP contribution in [-0.4, -0.2) is 44.8 Å². The van der Waals surface area contributed by atoms with Crippen molar-refractivity contribution in [3.63, 3.8) is 0 Å². The molecule has 0 spiro atoms. The average molecular weight is 546 g/mol. The van der Waals surface area contributed by atoms with Gasteiger partial charge in [-0.2, -0.15) is 10.4 Å². The van der Waals surface area contributed by atoms with Crippen LogP contribution in [0.15, 0.2) is 36.5 Å². The fourth-order valence-electron chi connectivity index (χ4n) is 4.98. The number of hydrogen-bond acceptors (Lipinski definition) is 8. The molecule has 2 amide bonds. The van der Waals surface area contributed by atoms with Crippen molar-refractivity contribution in [3.8, 4) is 6.07 Å². The number of nitrogens with one attached hydrogen (secondary N) is 2. The summed E-state index contributed by atoms with van der Waals surface area (Å²) in [6.45, 7) is 7.48. The van der Waals surface area contributed by atoms with Crippen LogP contribution in [0.1, 0.15) is 57.0 Å². The Morgan fingerprint density at radius 1 is 1.21 bits per heavy atom. The summed E-state index contributed by atoms with van der Waals surface area (Å²) in [4.78, 5) is 30.6. The molecule has 1 aliphatic rings. The summed E-state index contributed by atoms with van der Waals surface area (Å²) in [5.41, 5.74) is 2.74. The van der Waals surface area contributed by atoms with Crippen molar-refractivity contribution in [1.29, 1.82) is 5.26 Å². The van der Waals surface area contributed by atoms with E-state index < -0.39 is 11.7 Å². The van der Waals surface area contributed by atoms with E-state index >= 15 is 0 Å². The van der Waals surface area contributed by atoms with Gasteiger partial charge in [0.1, 0.15) is 23.1 Å². The van der Waals surface area contributed by atoms with Gasteiger partial charge in [0.25, 0.3) is 0 Å². The molecule has 2 N–H and O–H groups in total. The van der Waals surface area contributed by atoms with Gasteiger partial charge in [-0.1, -0.05) is 0 Å². The van der Waals surface area contributed by atoms with Gasteiger partial charge in [-0.3, -0.25) is 9.69 Å². The Bertz CT molecular complexity index is 1570. The smallest absolute Gasteiger partial charge is 0.407 e.